The molecule has 0 radical (unpaired) electrons. The number of ether oxygens (including phenoxy) is 1. The number of nitrogens with one attached hydrogen (secondary N) is 1. The molecule has 1 aromatic rings. The van der Waals surface area contributed by atoms with Gasteiger partial charge in [-0.05, 0) is 25.8 Å². The summed E-state index contributed by atoms with van der Waals surface area (Å²) in [6, 6.07) is 2.20. The highest BCUT2D eigenvalue weighted by molar-refractivity contribution is 5.16. The number of hydrogen-bond acceptors (Lipinski definition) is 4. The van der Waals surface area contributed by atoms with E-state index >= 15 is 0 Å². The van der Waals surface area contributed by atoms with Crippen molar-refractivity contribution in [3.05, 3.63) is 30.7 Å². The van der Waals surface area contributed by atoms with Crippen LogP contribution in [0.2, 0.25) is 0 Å². The molecule has 0 saturated carbocycles. The van der Waals surface area contributed by atoms with E-state index in [0.29, 0.717) is 5.88 Å². The SMILES string of the molecule is C=CCCCCCC(NCC)c1cc(OC)ncn1. The molecule has 0 bridgehead atoms. The molecule has 19 heavy (non-hydrogen) atoms. The van der Waals surface area contributed by atoms with E-state index in [9.17, 15) is 0 Å². The van der Waals surface area contributed by atoms with E-state index in [4.69, 9.17) is 4.74 Å². The van der Waals surface area contributed by atoms with Crippen molar-refractivity contribution in [2.45, 2.75) is 45.1 Å². The van der Waals surface area contributed by atoms with E-state index < -0.39 is 0 Å². The zero-order chi connectivity index (χ0) is 13.9. The minimum absolute atomic E-state index is 0.283. The quantitative estimate of drug-likeness (QED) is 0.520. The first-order valence-electron chi connectivity index (χ1n) is 7.02. The molecule has 0 aliphatic heterocycles. The third kappa shape index (κ3) is 5.83. The van der Waals surface area contributed by atoms with Crippen LogP contribution in [0.25, 0.3) is 0 Å². The van der Waals surface area contributed by atoms with E-state index in [1.807, 2.05) is 12.1 Å². The van der Waals surface area contributed by atoms with Gasteiger partial charge in [0.1, 0.15) is 6.33 Å². The highest BCUT2D eigenvalue weighted by atomic mass is 16.5. The monoisotopic (exact) mass is 263 g/mol. The summed E-state index contributed by atoms with van der Waals surface area (Å²) in [4.78, 5) is 8.40. The summed E-state index contributed by atoms with van der Waals surface area (Å²) >= 11 is 0. The average Bonchev–Trinajstić information content (AvgIpc) is 2.46. The Bertz CT molecular complexity index is 368. The van der Waals surface area contributed by atoms with Gasteiger partial charge in [-0.1, -0.05) is 25.8 Å². The Morgan fingerprint density at radius 1 is 1.37 bits per heavy atom. The fourth-order valence-electron chi connectivity index (χ4n) is 2.07. The molecule has 1 atom stereocenters. The molecule has 0 aliphatic rings. The zero-order valence-electron chi connectivity index (χ0n) is 12.1. The fourth-order valence-corrected chi connectivity index (χ4v) is 2.07. The topological polar surface area (TPSA) is 47.0 Å². The number of methoxy groups -OCH3 is 1. The lowest BCUT2D eigenvalue weighted by atomic mass is 10.0. The first kappa shape index (κ1) is 15.6. The van der Waals surface area contributed by atoms with Crippen LogP contribution < -0.4 is 10.1 Å². The van der Waals surface area contributed by atoms with E-state index in [0.717, 1.165) is 25.1 Å². The summed E-state index contributed by atoms with van der Waals surface area (Å²) in [5.41, 5.74) is 1.01. The van der Waals surface area contributed by atoms with Crippen molar-refractivity contribution in [2.75, 3.05) is 13.7 Å². The van der Waals surface area contributed by atoms with Crippen LogP contribution in [0.3, 0.4) is 0 Å². The summed E-state index contributed by atoms with van der Waals surface area (Å²) < 4.78 is 5.15. The van der Waals surface area contributed by atoms with Crippen LogP contribution in [-0.2, 0) is 0 Å². The minimum Gasteiger partial charge on any atom is -0.481 e. The Balaban J connectivity index is 2.52. The lowest BCUT2D eigenvalue weighted by Gasteiger charge is -2.17. The zero-order valence-corrected chi connectivity index (χ0v) is 12.1. The van der Waals surface area contributed by atoms with Crippen molar-refractivity contribution in [2.24, 2.45) is 0 Å². The second-order valence-electron chi connectivity index (χ2n) is 4.52. The van der Waals surface area contributed by atoms with Gasteiger partial charge in [0.2, 0.25) is 5.88 Å². The Morgan fingerprint density at radius 2 is 2.21 bits per heavy atom. The van der Waals surface area contributed by atoms with Crippen LogP contribution in [0.15, 0.2) is 25.0 Å². The number of hydrogen-bond donors (Lipinski definition) is 1. The predicted octanol–water partition coefficient (Wildman–Crippen LogP) is 3.27. The highest BCUT2D eigenvalue weighted by Crippen LogP contribution is 2.20. The lowest BCUT2D eigenvalue weighted by Crippen LogP contribution is -2.22. The summed E-state index contributed by atoms with van der Waals surface area (Å²) in [5.74, 6) is 0.625. The van der Waals surface area contributed by atoms with E-state index in [1.54, 1.807) is 13.4 Å². The molecule has 0 aliphatic carbocycles. The van der Waals surface area contributed by atoms with Gasteiger partial charge in [-0.2, -0.15) is 0 Å². The third-order valence-electron chi connectivity index (χ3n) is 3.08. The van der Waals surface area contributed by atoms with E-state index in [-0.39, 0.29) is 6.04 Å². The molecule has 0 saturated heterocycles. The van der Waals surface area contributed by atoms with Gasteiger partial charge in [-0.15, -0.1) is 6.58 Å². The van der Waals surface area contributed by atoms with Crippen LogP contribution in [0.1, 0.15) is 50.8 Å². The molecule has 1 N–H and O–H groups in total. The Labute approximate surface area is 116 Å². The maximum absolute atomic E-state index is 5.15. The molecule has 4 nitrogen and oxygen atoms in total. The molecule has 4 heteroatoms. The summed E-state index contributed by atoms with van der Waals surface area (Å²) in [5, 5.41) is 3.48. The summed E-state index contributed by atoms with van der Waals surface area (Å²) in [6.45, 7) is 6.79. The maximum Gasteiger partial charge on any atom is 0.216 e. The van der Waals surface area contributed by atoms with Crippen molar-refractivity contribution in [1.29, 1.82) is 0 Å². The van der Waals surface area contributed by atoms with Gasteiger partial charge in [-0.25, -0.2) is 9.97 Å². The van der Waals surface area contributed by atoms with E-state index in [1.165, 1.54) is 19.3 Å². The Hall–Kier alpha value is -1.42. The van der Waals surface area contributed by atoms with Crippen molar-refractivity contribution >= 4 is 0 Å². The van der Waals surface area contributed by atoms with Gasteiger partial charge in [0.05, 0.1) is 12.8 Å². The molecule has 106 valence electrons. The molecule has 1 heterocycles. The normalized spacial score (nSPS) is 12.1. The smallest absolute Gasteiger partial charge is 0.216 e. The average molecular weight is 263 g/mol. The van der Waals surface area contributed by atoms with Crippen molar-refractivity contribution in [3.8, 4) is 5.88 Å². The Kier molecular flexibility index (Phi) is 7.82. The maximum atomic E-state index is 5.15. The first-order valence-corrected chi connectivity index (χ1v) is 7.02. The number of nitrogens with zero attached hydrogens (tertiary/aromatic N) is 2. The van der Waals surface area contributed by atoms with Crippen LogP contribution in [0.5, 0.6) is 5.88 Å². The number of unbranched alkanes of at least 4 members (excludes halogenated alkanes) is 3. The highest BCUT2D eigenvalue weighted by Gasteiger charge is 2.12. The van der Waals surface area contributed by atoms with Gasteiger partial charge in [0.25, 0.3) is 0 Å². The number of allylic oxidation sites excluding steroid dienone is 1. The second-order valence-corrected chi connectivity index (χ2v) is 4.52. The molecule has 0 amide bonds. The molecule has 1 rings (SSSR count). The van der Waals surface area contributed by atoms with Crippen molar-refractivity contribution < 1.29 is 4.74 Å². The molecule has 0 spiro atoms. The minimum atomic E-state index is 0.283. The predicted molar refractivity (Wildman–Crippen MR) is 78.3 cm³/mol. The van der Waals surface area contributed by atoms with Crippen molar-refractivity contribution in [1.82, 2.24) is 15.3 Å². The van der Waals surface area contributed by atoms with Gasteiger partial charge in [0.15, 0.2) is 0 Å². The van der Waals surface area contributed by atoms with Crippen LogP contribution >= 0.6 is 0 Å². The molecular formula is C15H25N3O. The summed E-state index contributed by atoms with van der Waals surface area (Å²) in [7, 11) is 1.63. The molecular weight excluding hydrogens is 238 g/mol. The standard InChI is InChI=1S/C15H25N3O/c1-4-6-7-8-9-10-13(16-5-2)14-11-15(19-3)18-12-17-14/h4,11-13,16H,1,5-10H2,2-3H3. The van der Waals surface area contributed by atoms with Crippen LogP contribution in [0.4, 0.5) is 0 Å². The number of aromatic nitrogens is 2. The van der Waals surface area contributed by atoms with Gasteiger partial charge in [0, 0.05) is 12.1 Å². The molecule has 0 fully saturated rings. The fraction of sp³-hybridized carbons (Fsp3) is 0.600. The van der Waals surface area contributed by atoms with Gasteiger partial charge >= 0.3 is 0 Å². The Morgan fingerprint density at radius 3 is 2.89 bits per heavy atom. The first-order chi connectivity index (χ1) is 9.31. The van der Waals surface area contributed by atoms with E-state index in [2.05, 4.69) is 28.8 Å². The number of rotatable bonds is 10. The van der Waals surface area contributed by atoms with Crippen LogP contribution in [0, 0.1) is 0 Å². The summed E-state index contributed by atoms with van der Waals surface area (Å²) in [6.07, 6.45) is 9.38. The third-order valence-corrected chi connectivity index (χ3v) is 3.08. The lowest BCUT2D eigenvalue weighted by molar-refractivity contribution is 0.392. The molecule has 1 unspecified atom stereocenters. The van der Waals surface area contributed by atoms with Gasteiger partial charge in [-0.3, -0.25) is 0 Å². The largest absolute Gasteiger partial charge is 0.481 e. The van der Waals surface area contributed by atoms with Crippen LogP contribution in [-0.4, -0.2) is 23.6 Å². The molecule has 1 aromatic heterocycles. The molecule has 0 aromatic carbocycles. The van der Waals surface area contributed by atoms with Crippen molar-refractivity contribution in [3.63, 3.8) is 0 Å². The van der Waals surface area contributed by atoms with Gasteiger partial charge < -0.3 is 10.1 Å². The second kappa shape index (κ2) is 9.50.